The van der Waals surface area contributed by atoms with Gasteiger partial charge >= 0.3 is 6.09 Å². The van der Waals surface area contributed by atoms with Crippen molar-refractivity contribution in [2.24, 2.45) is 0 Å². The van der Waals surface area contributed by atoms with Crippen LogP contribution in [0.25, 0.3) is 0 Å². The second-order valence-electron chi connectivity index (χ2n) is 2.70. The van der Waals surface area contributed by atoms with Gasteiger partial charge < -0.3 is 4.74 Å². The molecule has 0 radical (unpaired) electrons. The van der Waals surface area contributed by atoms with Gasteiger partial charge in [-0.2, -0.15) is 0 Å². The minimum atomic E-state index is -0.652. The van der Waals surface area contributed by atoms with Gasteiger partial charge in [0.1, 0.15) is 6.61 Å². The highest BCUT2D eigenvalue weighted by atomic mass is 35.5. The third-order valence-corrected chi connectivity index (χ3v) is 2.75. The van der Waals surface area contributed by atoms with E-state index in [1.165, 1.54) is 12.1 Å². The molecule has 0 aliphatic carbocycles. The molecule has 0 saturated carbocycles. The predicted octanol–water partition coefficient (Wildman–Crippen LogP) is 4.43. The van der Waals surface area contributed by atoms with E-state index in [0.717, 1.165) is 0 Å². The Morgan fingerprint density at radius 2 is 1.81 bits per heavy atom. The minimum absolute atomic E-state index is 0.117. The van der Waals surface area contributed by atoms with Gasteiger partial charge in [0.15, 0.2) is 0 Å². The van der Waals surface area contributed by atoms with Gasteiger partial charge in [0.25, 0.3) is 0 Å². The molecule has 88 valence electrons. The first-order valence-electron chi connectivity index (χ1n) is 4.19. The Morgan fingerprint density at radius 1 is 1.19 bits per heavy atom. The molecule has 0 aromatic heterocycles. The largest absolute Gasteiger partial charge is 0.448 e. The summed E-state index contributed by atoms with van der Waals surface area (Å²) in [6, 6.07) is 2.87. The van der Waals surface area contributed by atoms with Crippen LogP contribution in [0.4, 0.5) is 10.5 Å². The zero-order chi connectivity index (χ0) is 12.1. The van der Waals surface area contributed by atoms with Crippen LogP contribution in [0, 0.1) is 0 Å². The number of benzene rings is 1. The second kappa shape index (κ2) is 6.40. The van der Waals surface area contributed by atoms with Crippen LogP contribution in [-0.4, -0.2) is 18.6 Å². The van der Waals surface area contributed by atoms with E-state index in [2.05, 4.69) is 5.32 Å². The van der Waals surface area contributed by atoms with Crippen LogP contribution >= 0.6 is 46.4 Å². The molecule has 0 spiro atoms. The number of rotatable bonds is 3. The molecule has 3 nitrogen and oxygen atoms in total. The fourth-order valence-electron chi connectivity index (χ4n) is 0.896. The SMILES string of the molecule is O=C(Nc1cc(Cl)c(Cl)cc1Cl)OCCCl. The molecular weight excluding hydrogens is 296 g/mol. The zero-order valence-electron chi connectivity index (χ0n) is 7.90. The first-order chi connectivity index (χ1) is 7.54. The van der Waals surface area contributed by atoms with Gasteiger partial charge in [-0.3, -0.25) is 5.32 Å². The molecular formula is C9H7Cl4NO2. The van der Waals surface area contributed by atoms with Crippen LogP contribution in [0.1, 0.15) is 0 Å². The first kappa shape index (κ1) is 13.7. The quantitative estimate of drug-likeness (QED) is 0.662. The molecule has 0 heterocycles. The van der Waals surface area contributed by atoms with Crippen LogP contribution in [0.2, 0.25) is 15.1 Å². The van der Waals surface area contributed by atoms with Crippen LogP contribution < -0.4 is 5.32 Å². The van der Waals surface area contributed by atoms with Crippen molar-refractivity contribution in [1.29, 1.82) is 0 Å². The Bertz CT molecular complexity index is 397. The maximum absolute atomic E-state index is 11.2. The lowest BCUT2D eigenvalue weighted by molar-refractivity contribution is 0.168. The van der Waals surface area contributed by atoms with Crippen molar-refractivity contribution < 1.29 is 9.53 Å². The maximum Gasteiger partial charge on any atom is 0.411 e. The van der Waals surface area contributed by atoms with Crippen molar-refractivity contribution in [3.63, 3.8) is 0 Å². The minimum Gasteiger partial charge on any atom is -0.448 e. The summed E-state index contributed by atoms with van der Waals surface area (Å²) >= 11 is 22.7. The first-order valence-corrected chi connectivity index (χ1v) is 5.85. The summed E-state index contributed by atoms with van der Waals surface area (Å²) in [7, 11) is 0. The molecule has 1 N–H and O–H groups in total. The molecule has 0 saturated heterocycles. The van der Waals surface area contributed by atoms with Gasteiger partial charge in [0.05, 0.1) is 26.6 Å². The topological polar surface area (TPSA) is 38.3 Å². The van der Waals surface area contributed by atoms with Crippen molar-refractivity contribution in [1.82, 2.24) is 0 Å². The van der Waals surface area contributed by atoms with Crippen LogP contribution in [-0.2, 0) is 4.74 Å². The van der Waals surface area contributed by atoms with Crippen molar-refractivity contribution >= 4 is 58.2 Å². The average molecular weight is 303 g/mol. The molecule has 0 atom stereocenters. The number of amides is 1. The van der Waals surface area contributed by atoms with Gasteiger partial charge in [-0.1, -0.05) is 34.8 Å². The van der Waals surface area contributed by atoms with E-state index in [1.54, 1.807) is 0 Å². The highest BCUT2D eigenvalue weighted by Gasteiger charge is 2.09. The van der Waals surface area contributed by atoms with Gasteiger partial charge in [0, 0.05) is 0 Å². The molecule has 1 aromatic rings. The lowest BCUT2D eigenvalue weighted by Crippen LogP contribution is -2.15. The molecule has 0 aliphatic rings. The van der Waals surface area contributed by atoms with E-state index in [-0.39, 0.29) is 17.5 Å². The molecule has 1 amide bonds. The Balaban J connectivity index is 2.73. The molecule has 1 aromatic carbocycles. The van der Waals surface area contributed by atoms with Crippen molar-refractivity contribution in [3.8, 4) is 0 Å². The lowest BCUT2D eigenvalue weighted by atomic mass is 10.3. The summed E-state index contributed by atoms with van der Waals surface area (Å²) in [5.74, 6) is 0.225. The highest BCUT2D eigenvalue weighted by molar-refractivity contribution is 6.44. The number of ether oxygens (including phenoxy) is 1. The fourth-order valence-corrected chi connectivity index (χ4v) is 1.57. The predicted molar refractivity (Wildman–Crippen MR) is 67.2 cm³/mol. The third-order valence-electron chi connectivity index (χ3n) is 1.56. The third kappa shape index (κ3) is 3.91. The smallest absolute Gasteiger partial charge is 0.411 e. The van der Waals surface area contributed by atoms with E-state index < -0.39 is 6.09 Å². The maximum atomic E-state index is 11.2. The Kier molecular flexibility index (Phi) is 5.49. The molecule has 1 rings (SSSR count). The monoisotopic (exact) mass is 301 g/mol. The second-order valence-corrected chi connectivity index (χ2v) is 4.30. The highest BCUT2D eigenvalue weighted by Crippen LogP contribution is 2.32. The lowest BCUT2D eigenvalue weighted by Gasteiger charge is -2.08. The van der Waals surface area contributed by atoms with E-state index in [4.69, 9.17) is 51.1 Å². The van der Waals surface area contributed by atoms with Gasteiger partial charge in [-0.25, -0.2) is 4.79 Å². The van der Waals surface area contributed by atoms with Gasteiger partial charge in [-0.05, 0) is 12.1 Å². The number of hydrogen-bond donors (Lipinski definition) is 1. The molecule has 16 heavy (non-hydrogen) atoms. The fraction of sp³-hybridized carbons (Fsp3) is 0.222. The number of nitrogens with one attached hydrogen (secondary N) is 1. The number of alkyl halides is 1. The molecule has 0 aliphatic heterocycles. The number of hydrogen-bond acceptors (Lipinski definition) is 2. The van der Waals surface area contributed by atoms with Crippen molar-refractivity contribution in [3.05, 3.63) is 27.2 Å². The average Bonchev–Trinajstić information content (AvgIpc) is 2.23. The van der Waals surface area contributed by atoms with Crippen LogP contribution in [0.15, 0.2) is 12.1 Å². The molecule has 0 bridgehead atoms. The van der Waals surface area contributed by atoms with Gasteiger partial charge in [-0.15, -0.1) is 11.6 Å². The van der Waals surface area contributed by atoms with Crippen LogP contribution in [0.5, 0.6) is 0 Å². The van der Waals surface area contributed by atoms with E-state index in [1.807, 2.05) is 0 Å². The normalized spacial score (nSPS) is 10.0. The number of carbonyl (C=O) groups excluding carboxylic acids is 1. The zero-order valence-corrected chi connectivity index (χ0v) is 10.9. The summed E-state index contributed by atoms with van der Waals surface area (Å²) in [6.07, 6.45) is -0.652. The molecule has 7 heteroatoms. The number of carbonyl (C=O) groups is 1. The Morgan fingerprint density at radius 3 is 2.44 bits per heavy atom. The Hall–Kier alpha value is -0.350. The standard InChI is InChI=1S/C9H7Cl4NO2/c10-1-2-16-9(15)14-8-4-6(12)5(11)3-7(8)13/h3-4H,1-2H2,(H,14,15). The van der Waals surface area contributed by atoms with Crippen molar-refractivity contribution in [2.45, 2.75) is 0 Å². The van der Waals surface area contributed by atoms with Crippen LogP contribution in [0.3, 0.4) is 0 Å². The van der Waals surface area contributed by atoms with E-state index in [9.17, 15) is 4.79 Å². The van der Waals surface area contributed by atoms with Gasteiger partial charge in [0.2, 0.25) is 0 Å². The van der Waals surface area contributed by atoms with E-state index in [0.29, 0.717) is 15.7 Å². The molecule has 0 fully saturated rings. The number of anilines is 1. The van der Waals surface area contributed by atoms with E-state index >= 15 is 0 Å². The molecule has 0 unspecified atom stereocenters. The summed E-state index contributed by atoms with van der Waals surface area (Å²) in [5, 5.41) is 3.30. The summed E-state index contributed by atoms with van der Waals surface area (Å²) in [6.45, 7) is 0.117. The summed E-state index contributed by atoms with van der Waals surface area (Å²) in [5.41, 5.74) is 0.329. The summed E-state index contributed by atoms with van der Waals surface area (Å²) < 4.78 is 4.70. The number of halogens is 4. The van der Waals surface area contributed by atoms with Crippen molar-refractivity contribution in [2.75, 3.05) is 17.8 Å². The summed E-state index contributed by atoms with van der Waals surface area (Å²) in [4.78, 5) is 11.2. The Labute approximate surface area is 113 Å².